The van der Waals surface area contributed by atoms with Gasteiger partial charge in [0.05, 0.1) is 11.6 Å². The summed E-state index contributed by atoms with van der Waals surface area (Å²) < 4.78 is 26.6. The normalized spacial score (nSPS) is 25.4. The summed E-state index contributed by atoms with van der Waals surface area (Å²) in [6.45, 7) is 2.97. The van der Waals surface area contributed by atoms with Crippen molar-refractivity contribution >= 4 is 15.9 Å². The highest BCUT2D eigenvalue weighted by Gasteiger charge is 2.37. The van der Waals surface area contributed by atoms with E-state index in [0.717, 1.165) is 12.8 Å². The Morgan fingerprint density at radius 3 is 2.30 bits per heavy atom. The van der Waals surface area contributed by atoms with Crippen LogP contribution in [-0.2, 0) is 10.0 Å². The number of sulfonamides is 1. The fourth-order valence-electron chi connectivity index (χ4n) is 3.28. The van der Waals surface area contributed by atoms with Crippen molar-refractivity contribution in [3.8, 4) is 0 Å². The Hall–Kier alpha value is -0.620. The molecule has 6 heteroatoms. The average molecular weight is 301 g/mol. The van der Waals surface area contributed by atoms with Crippen molar-refractivity contribution in [2.24, 2.45) is 17.1 Å². The lowest BCUT2D eigenvalue weighted by molar-refractivity contribution is 0.238. The Bertz CT molecular complexity index is 447. The van der Waals surface area contributed by atoms with Crippen LogP contribution in [0.1, 0.15) is 51.9 Å². The molecule has 0 aromatic rings. The highest BCUT2D eigenvalue weighted by atomic mass is 32.2. The monoisotopic (exact) mass is 301 g/mol. The summed E-state index contributed by atoms with van der Waals surface area (Å²) in [7, 11) is -3.14. The Morgan fingerprint density at radius 1 is 1.25 bits per heavy atom. The summed E-state index contributed by atoms with van der Waals surface area (Å²) in [4.78, 5) is 0. The van der Waals surface area contributed by atoms with E-state index in [1.54, 1.807) is 4.31 Å². The molecule has 0 amide bonds. The molecule has 20 heavy (non-hydrogen) atoms. The van der Waals surface area contributed by atoms with Crippen molar-refractivity contribution in [3.63, 3.8) is 0 Å². The Morgan fingerprint density at radius 2 is 1.80 bits per heavy atom. The van der Waals surface area contributed by atoms with Crippen LogP contribution in [0.2, 0.25) is 0 Å². The van der Waals surface area contributed by atoms with Gasteiger partial charge in [-0.25, -0.2) is 12.7 Å². The van der Waals surface area contributed by atoms with Crippen LogP contribution < -0.4 is 5.73 Å². The third-order valence-electron chi connectivity index (χ3n) is 5.04. The molecule has 1 saturated heterocycles. The number of nitrogens with two attached hydrogens (primary N) is 1. The maximum Gasteiger partial charge on any atom is 0.214 e. The zero-order valence-corrected chi connectivity index (χ0v) is 13.2. The molecule has 2 aliphatic rings. The Balaban J connectivity index is 1.93. The van der Waals surface area contributed by atoms with E-state index in [4.69, 9.17) is 11.1 Å². The zero-order valence-electron chi connectivity index (χ0n) is 12.4. The van der Waals surface area contributed by atoms with Crippen LogP contribution in [0.5, 0.6) is 0 Å². The number of piperidine rings is 1. The number of rotatable bonds is 4. The molecule has 116 valence electrons. The first-order chi connectivity index (χ1) is 9.33. The van der Waals surface area contributed by atoms with Gasteiger partial charge in [-0.15, -0.1) is 0 Å². The second-order valence-corrected chi connectivity index (χ2v) is 8.67. The number of nitrogens with zero attached hydrogens (tertiary/aromatic N) is 1. The molecule has 1 aliphatic heterocycles. The summed E-state index contributed by atoms with van der Waals surface area (Å²) in [5, 5.41) is 7.62. The first kappa shape index (κ1) is 15.8. The second-order valence-electron chi connectivity index (χ2n) is 6.66. The lowest BCUT2D eigenvalue weighted by Crippen LogP contribution is -2.48. The lowest BCUT2D eigenvalue weighted by Gasteiger charge is -2.38. The smallest absolute Gasteiger partial charge is 0.214 e. The molecule has 3 N–H and O–H groups in total. The molecule has 0 spiro atoms. The summed E-state index contributed by atoms with van der Waals surface area (Å²) >= 11 is 0. The highest BCUT2D eigenvalue weighted by molar-refractivity contribution is 7.89. The van der Waals surface area contributed by atoms with E-state index < -0.39 is 10.0 Å². The van der Waals surface area contributed by atoms with Crippen molar-refractivity contribution in [2.75, 3.05) is 18.8 Å². The molecular weight excluding hydrogens is 274 g/mol. The third-order valence-corrected chi connectivity index (χ3v) is 7.09. The van der Waals surface area contributed by atoms with Crippen molar-refractivity contribution in [1.82, 2.24) is 4.31 Å². The summed E-state index contributed by atoms with van der Waals surface area (Å²) in [5.74, 6) is 0.834. The number of hydrogen-bond donors (Lipinski definition) is 2. The van der Waals surface area contributed by atoms with Gasteiger partial charge in [-0.1, -0.05) is 26.2 Å². The lowest BCUT2D eigenvalue weighted by atomic mass is 9.80. The van der Waals surface area contributed by atoms with Crippen LogP contribution in [0.3, 0.4) is 0 Å². The molecule has 0 atom stereocenters. The zero-order chi connectivity index (χ0) is 14.8. The van der Waals surface area contributed by atoms with E-state index in [1.165, 1.54) is 19.3 Å². The van der Waals surface area contributed by atoms with Crippen molar-refractivity contribution in [3.05, 3.63) is 0 Å². The van der Waals surface area contributed by atoms with E-state index in [9.17, 15) is 8.42 Å². The van der Waals surface area contributed by atoms with Gasteiger partial charge >= 0.3 is 0 Å². The van der Waals surface area contributed by atoms with Crippen LogP contribution in [0.4, 0.5) is 0 Å². The molecule has 0 aromatic heterocycles. The van der Waals surface area contributed by atoms with E-state index in [1.807, 2.05) is 6.92 Å². The first-order valence-electron chi connectivity index (χ1n) is 7.66. The quantitative estimate of drug-likeness (QED) is 0.614. The summed E-state index contributed by atoms with van der Waals surface area (Å²) in [6.07, 6.45) is 7.01. The minimum atomic E-state index is -3.14. The largest absolute Gasteiger partial charge is 0.387 e. The summed E-state index contributed by atoms with van der Waals surface area (Å²) in [5.41, 5.74) is 5.30. The van der Waals surface area contributed by atoms with E-state index >= 15 is 0 Å². The van der Waals surface area contributed by atoms with Crippen molar-refractivity contribution in [2.45, 2.75) is 51.9 Å². The van der Waals surface area contributed by atoms with Crippen molar-refractivity contribution < 1.29 is 8.42 Å². The van der Waals surface area contributed by atoms with Crippen LogP contribution in [0, 0.1) is 16.7 Å². The van der Waals surface area contributed by atoms with Gasteiger partial charge in [0, 0.05) is 18.5 Å². The van der Waals surface area contributed by atoms with Gasteiger partial charge in [-0.3, -0.25) is 5.41 Å². The average Bonchev–Trinajstić information content (AvgIpc) is 2.39. The summed E-state index contributed by atoms with van der Waals surface area (Å²) in [6, 6.07) is 0. The molecule has 1 saturated carbocycles. The van der Waals surface area contributed by atoms with Crippen LogP contribution in [0.15, 0.2) is 0 Å². The molecule has 1 heterocycles. The molecule has 2 rings (SSSR count). The van der Waals surface area contributed by atoms with Gasteiger partial charge in [-0.05, 0) is 31.6 Å². The highest BCUT2D eigenvalue weighted by Crippen LogP contribution is 2.33. The number of hydrogen-bond acceptors (Lipinski definition) is 3. The maximum atomic E-state index is 12.5. The predicted octanol–water partition coefficient (Wildman–Crippen LogP) is 1.93. The fraction of sp³-hybridized carbons (Fsp3) is 0.929. The van der Waals surface area contributed by atoms with Gasteiger partial charge in [0.15, 0.2) is 0 Å². The minimum absolute atomic E-state index is 0.182. The van der Waals surface area contributed by atoms with Gasteiger partial charge in [-0.2, -0.15) is 0 Å². The van der Waals surface area contributed by atoms with Crippen LogP contribution >= 0.6 is 0 Å². The minimum Gasteiger partial charge on any atom is -0.387 e. The SMILES string of the molecule is CC1(C(=N)N)CCN(S(=O)(=O)CC2CCCCC2)CC1. The van der Waals surface area contributed by atoms with E-state index in [2.05, 4.69) is 0 Å². The molecule has 0 radical (unpaired) electrons. The van der Waals surface area contributed by atoms with Crippen LogP contribution in [0.25, 0.3) is 0 Å². The molecular formula is C14H27N3O2S. The Kier molecular flexibility index (Phi) is 4.74. The standard InChI is InChI=1S/C14H27N3O2S/c1-14(13(15)16)7-9-17(10-8-14)20(18,19)11-12-5-3-2-4-6-12/h12H,2-11H2,1H3,(H3,15,16). The number of nitrogens with one attached hydrogen (secondary N) is 1. The molecule has 1 aliphatic carbocycles. The van der Waals surface area contributed by atoms with E-state index in [0.29, 0.717) is 37.6 Å². The van der Waals surface area contributed by atoms with Crippen LogP contribution in [-0.4, -0.2) is 37.4 Å². The molecule has 5 nitrogen and oxygen atoms in total. The maximum absolute atomic E-state index is 12.5. The predicted molar refractivity (Wildman–Crippen MR) is 81.2 cm³/mol. The number of amidine groups is 1. The van der Waals surface area contributed by atoms with Crippen molar-refractivity contribution in [1.29, 1.82) is 5.41 Å². The van der Waals surface area contributed by atoms with Gasteiger partial charge in [0.25, 0.3) is 0 Å². The topological polar surface area (TPSA) is 87.2 Å². The molecule has 2 fully saturated rings. The molecule has 0 bridgehead atoms. The Labute approximate surface area is 122 Å². The molecule has 0 unspecified atom stereocenters. The van der Waals surface area contributed by atoms with Gasteiger partial charge in [0.1, 0.15) is 0 Å². The third kappa shape index (κ3) is 3.52. The van der Waals surface area contributed by atoms with Gasteiger partial charge in [0.2, 0.25) is 10.0 Å². The van der Waals surface area contributed by atoms with Gasteiger partial charge < -0.3 is 5.73 Å². The fourth-order valence-corrected chi connectivity index (χ4v) is 5.16. The molecule has 0 aromatic carbocycles. The first-order valence-corrected chi connectivity index (χ1v) is 9.27. The van der Waals surface area contributed by atoms with E-state index in [-0.39, 0.29) is 11.3 Å². The second kappa shape index (κ2) is 6.02.